The van der Waals surface area contributed by atoms with Crippen LogP contribution >= 0.6 is 0 Å². The van der Waals surface area contributed by atoms with Gasteiger partial charge in [0.15, 0.2) is 0 Å². The third-order valence-corrected chi connectivity index (χ3v) is 3.57. The zero-order valence-electron chi connectivity index (χ0n) is 13.2. The summed E-state index contributed by atoms with van der Waals surface area (Å²) in [6.07, 6.45) is -3.70. The Kier molecular flexibility index (Phi) is 5.53. The van der Waals surface area contributed by atoms with Crippen molar-refractivity contribution >= 4 is 5.69 Å². The van der Waals surface area contributed by atoms with Crippen molar-refractivity contribution in [3.8, 4) is 5.75 Å². The molecule has 2 rings (SSSR count). The molecule has 0 aliphatic rings. The Balaban J connectivity index is 2.00. The summed E-state index contributed by atoms with van der Waals surface area (Å²) in [6, 6.07) is 12.9. The lowest BCUT2D eigenvalue weighted by atomic mass is 10.2. The van der Waals surface area contributed by atoms with Gasteiger partial charge in [-0.25, -0.2) is 0 Å². The molecule has 0 heterocycles. The number of benzene rings is 2. The largest absolute Gasteiger partial charge is 0.488 e. The van der Waals surface area contributed by atoms with Crippen molar-refractivity contribution in [3.63, 3.8) is 0 Å². The van der Waals surface area contributed by atoms with Crippen molar-refractivity contribution < 1.29 is 17.9 Å². The van der Waals surface area contributed by atoms with E-state index in [9.17, 15) is 13.2 Å². The molecule has 0 spiro atoms. The molecule has 23 heavy (non-hydrogen) atoms. The average Bonchev–Trinajstić information content (AvgIpc) is 2.52. The number of hydrogen-bond acceptors (Lipinski definition) is 2. The number of rotatable bonds is 6. The Labute approximate surface area is 134 Å². The second-order valence-corrected chi connectivity index (χ2v) is 5.37. The van der Waals surface area contributed by atoms with Gasteiger partial charge in [-0.15, -0.1) is 0 Å². The number of anilines is 1. The molecule has 2 aromatic carbocycles. The van der Waals surface area contributed by atoms with E-state index in [1.165, 1.54) is 6.07 Å². The molecule has 0 saturated heterocycles. The minimum absolute atomic E-state index is 0.120. The van der Waals surface area contributed by atoms with Gasteiger partial charge in [0.2, 0.25) is 0 Å². The standard InChI is InChI=1S/C18H20F3NO/c1-3-16(23-17-10-5-4-7-13(17)2)12-22-15-9-6-8-14(11-15)18(19,20)21/h4-11,16,22H,3,12H2,1-2H3. The molecule has 0 aromatic heterocycles. The zero-order chi connectivity index (χ0) is 16.9. The quantitative estimate of drug-likeness (QED) is 0.780. The maximum atomic E-state index is 12.7. The van der Waals surface area contributed by atoms with Crippen LogP contribution in [0.4, 0.5) is 18.9 Å². The van der Waals surface area contributed by atoms with Crippen molar-refractivity contribution in [2.75, 3.05) is 11.9 Å². The van der Waals surface area contributed by atoms with Crippen molar-refractivity contribution in [3.05, 3.63) is 59.7 Å². The third-order valence-electron chi connectivity index (χ3n) is 3.57. The third kappa shape index (κ3) is 4.91. The predicted octanol–water partition coefficient (Wildman–Crippen LogP) is 5.28. The van der Waals surface area contributed by atoms with Gasteiger partial charge in [-0.3, -0.25) is 0 Å². The van der Waals surface area contributed by atoms with Gasteiger partial charge >= 0.3 is 6.18 Å². The molecule has 0 bridgehead atoms. The molecule has 5 heteroatoms. The van der Waals surface area contributed by atoms with Crippen molar-refractivity contribution in [2.45, 2.75) is 32.5 Å². The average molecular weight is 323 g/mol. The lowest BCUT2D eigenvalue weighted by molar-refractivity contribution is -0.137. The fraction of sp³-hybridized carbons (Fsp3) is 0.333. The van der Waals surface area contributed by atoms with Gasteiger partial charge in [-0.1, -0.05) is 31.2 Å². The molecule has 0 aliphatic heterocycles. The van der Waals surface area contributed by atoms with E-state index in [1.807, 2.05) is 38.1 Å². The Morgan fingerprint density at radius 3 is 2.48 bits per heavy atom. The van der Waals surface area contributed by atoms with Gasteiger partial charge in [0.1, 0.15) is 11.9 Å². The van der Waals surface area contributed by atoms with Crippen LogP contribution in [0, 0.1) is 6.92 Å². The maximum Gasteiger partial charge on any atom is 0.416 e. The summed E-state index contributed by atoms with van der Waals surface area (Å²) in [5.41, 5.74) is 0.812. The van der Waals surface area contributed by atoms with Gasteiger partial charge in [-0.2, -0.15) is 13.2 Å². The molecule has 1 atom stereocenters. The molecule has 1 unspecified atom stereocenters. The van der Waals surface area contributed by atoms with E-state index in [0.717, 1.165) is 29.9 Å². The maximum absolute atomic E-state index is 12.7. The summed E-state index contributed by atoms with van der Waals surface area (Å²) in [7, 11) is 0. The van der Waals surface area contributed by atoms with Crippen LogP contribution in [0.25, 0.3) is 0 Å². The highest BCUT2D eigenvalue weighted by atomic mass is 19.4. The van der Waals surface area contributed by atoms with E-state index in [2.05, 4.69) is 5.32 Å². The van der Waals surface area contributed by atoms with Crippen LogP contribution in [0.5, 0.6) is 5.75 Å². The highest BCUT2D eigenvalue weighted by molar-refractivity contribution is 5.46. The summed E-state index contributed by atoms with van der Waals surface area (Å²) < 4.78 is 44.1. The molecule has 0 radical (unpaired) electrons. The van der Waals surface area contributed by atoms with E-state index < -0.39 is 11.7 Å². The second kappa shape index (κ2) is 7.40. The molecule has 0 aliphatic carbocycles. The topological polar surface area (TPSA) is 21.3 Å². The van der Waals surface area contributed by atoms with Crippen LogP contribution in [-0.4, -0.2) is 12.6 Å². The molecular formula is C18H20F3NO. The minimum Gasteiger partial charge on any atom is -0.488 e. The van der Waals surface area contributed by atoms with Crippen LogP contribution in [0.1, 0.15) is 24.5 Å². The summed E-state index contributed by atoms with van der Waals surface area (Å²) >= 11 is 0. The molecule has 0 saturated carbocycles. The van der Waals surface area contributed by atoms with Crippen LogP contribution < -0.4 is 10.1 Å². The number of alkyl halides is 3. The van der Waals surface area contributed by atoms with Gasteiger partial charge in [0, 0.05) is 5.69 Å². The lowest BCUT2D eigenvalue weighted by Crippen LogP contribution is -2.25. The number of hydrogen-bond donors (Lipinski definition) is 1. The Bertz CT molecular complexity index is 640. The zero-order valence-corrected chi connectivity index (χ0v) is 13.2. The first-order chi connectivity index (χ1) is 10.9. The summed E-state index contributed by atoms with van der Waals surface area (Å²) in [4.78, 5) is 0. The highest BCUT2D eigenvalue weighted by Gasteiger charge is 2.30. The molecule has 2 aromatic rings. The van der Waals surface area contributed by atoms with Gasteiger partial charge in [0.05, 0.1) is 12.1 Å². The lowest BCUT2D eigenvalue weighted by Gasteiger charge is -2.20. The smallest absolute Gasteiger partial charge is 0.416 e. The first-order valence-electron chi connectivity index (χ1n) is 7.53. The fourth-order valence-corrected chi connectivity index (χ4v) is 2.17. The second-order valence-electron chi connectivity index (χ2n) is 5.37. The van der Waals surface area contributed by atoms with Crippen molar-refractivity contribution in [2.24, 2.45) is 0 Å². The molecular weight excluding hydrogens is 303 g/mol. The Hall–Kier alpha value is -2.17. The monoisotopic (exact) mass is 323 g/mol. The minimum atomic E-state index is -4.33. The predicted molar refractivity (Wildman–Crippen MR) is 85.8 cm³/mol. The SMILES string of the molecule is CCC(CNc1cccc(C(F)(F)F)c1)Oc1ccccc1C. The van der Waals surface area contributed by atoms with E-state index in [4.69, 9.17) is 4.74 Å². The van der Waals surface area contributed by atoms with Gasteiger partial charge in [-0.05, 0) is 43.2 Å². The molecule has 2 nitrogen and oxygen atoms in total. The number of halogens is 3. The van der Waals surface area contributed by atoms with Crippen LogP contribution in [-0.2, 0) is 6.18 Å². The number of para-hydroxylation sites is 1. The molecule has 0 amide bonds. The van der Waals surface area contributed by atoms with E-state index in [-0.39, 0.29) is 6.10 Å². The number of aryl methyl sites for hydroxylation is 1. The van der Waals surface area contributed by atoms with E-state index in [1.54, 1.807) is 6.07 Å². The molecule has 1 N–H and O–H groups in total. The summed E-state index contributed by atoms with van der Waals surface area (Å²) in [5.74, 6) is 0.796. The number of nitrogens with one attached hydrogen (secondary N) is 1. The Morgan fingerprint density at radius 1 is 1.09 bits per heavy atom. The Morgan fingerprint density at radius 2 is 1.83 bits per heavy atom. The van der Waals surface area contributed by atoms with Gasteiger partial charge in [0.25, 0.3) is 0 Å². The van der Waals surface area contributed by atoms with E-state index >= 15 is 0 Å². The highest BCUT2D eigenvalue weighted by Crippen LogP contribution is 2.30. The van der Waals surface area contributed by atoms with Gasteiger partial charge < -0.3 is 10.1 Å². The normalized spacial score (nSPS) is 12.7. The van der Waals surface area contributed by atoms with E-state index in [0.29, 0.717) is 12.2 Å². The van der Waals surface area contributed by atoms with Crippen molar-refractivity contribution in [1.82, 2.24) is 0 Å². The van der Waals surface area contributed by atoms with Crippen LogP contribution in [0.3, 0.4) is 0 Å². The first kappa shape index (κ1) is 17.2. The molecule has 0 fully saturated rings. The summed E-state index contributed by atoms with van der Waals surface area (Å²) in [5, 5.41) is 3.02. The number of ether oxygens (including phenoxy) is 1. The van der Waals surface area contributed by atoms with Crippen LogP contribution in [0.2, 0.25) is 0 Å². The summed E-state index contributed by atoms with van der Waals surface area (Å²) in [6.45, 7) is 4.38. The molecule has 124 valence electrons. The van der Waals surface area contributed by atoms with Crippen molar-refractivity contribution in [1.29, 1.82) is 0 Å². The van der Waals surface area contributed by atoms with Crippen LogP contribution in [0.15, 0.2) is 48.5 Å². The first-order valence-corrected chi connectivity index (χ1v) is 7.53. The fourth-order valence-electron chi connectivity index (χ4n) is 2.17.